The summed E-state index contributed by atoms with van der Waals surface area (Å²) in [5.74, 6) is -0.289. The molecule has 2 aromatic heterocycles. The third-order valence-corrected chi connectivity index (χ3v) is 2.30. The number of hydrogen-bond donors (Lipinski definition) is 2. The average molecular weight is 247 g/mol. The molecule has 2 N–H and O–H groups in total. The van der Waals surface area contributed by atoms with E-state index in [1.807, 2.05) is 7.05 Å². The van der Waals surface area contributed by atoms with Gasteiger partial charge in [0.05, 0.1) is 0 Å². The summed E-state index contributed by atoms with van der Waals surface area (Å²) in [5.41, 5.74) is 0.745. The number of aromatic nitrogens is 4. The minimum atomic E-state index is -1.04. The third kappa shape index (κ3) is 3.03. The van der Waals surface area contributed by atoms with Crippen molar-refractivity contribution in [3.63, 3.8) is 0 Å². The lowest BCUT2D eigenvalue weighted by Gasteiger charge is -2.04. The maximum Gasteiger partial charge on any atom is 0.354 e. The Labute approximate surface area is 104 Å². The van der Waals surface area contributed by atoms with Crippen LogP contribution in [0.25, 0.3) is 0 Å². The van der Waals surface area contributed by atoms with Crippen molar-refractivity contribution < 1.29 is 9.90 Å². The molecule has 2 rings (SSSR count). The van der Waals surface area contributed by atoms with E-state index in [0.29, 0.717) is 13.0 Å². The van der Waals surface area contributed by atoms with Gasteiger partial charge in [0.15, 0.2) is 5.82 Å². The first-order valence-electron chi connectivity index (χ1n) is 5.43. The van der Waals surface area contributed by atoms with Crippen LogP contribution in [0.2, 0.25) is 0 Å². The van der Waals surface area contributed by atoms with Crippen LogP contribution in [-0.4, -0.2) is 37.4 Å². The number of carboxylic acid groups (broad SMARTS) is 1. The van der Waals surface area contributed by atoms with Crippen LogP contribution < -0.4 is 5.32 Å². The Balaban J connectivity index is 1.90. The standard InChI is InChI=1S/C11H13N5O2/c1-16-7-14-10(15-16)3-5-12-8-2-4-13-9(6-8)11(17)18/h2,4,6-7H,3,5H2,1H3,(H,12,13)(H,17,18). The molecule has 18 heavy (non-hydrogen) atoms. The first-order chi connectivity index (χ1) is 8.65. The van der Waals surface area contributed by atoms with Gasteiger partial charge in [-0.05, 0) is 12.1 Å². The molecule has 7 nitrogen and oxygen atoms in total. The van der Waals surface area contributed by atoms with E-state index in [2.05, 4.69) is 20.4 Å². The van der Waals surface area contributed by atoms with E-state index < -0.39 is 5.97 Å². The zero-order valence-electron chi connectivity index (χ0n) is 9.87. The second kappa shape index (κ2) is 5.26. The summed E-state index contributed by atoms with van der Waals surface area (Å²) >= 11 is 0. The van der Waals surface area contributed by atoms with Crippen molar-refractivity contribution in [2.24, 2.45) is 7.05 Å². The van der Waals surface area contributed by atoms with E-state index in [4.69, 9.17) is 5.11 Å². The van der Waals surface area contributed by atoms with E-state index in [1.165, 1.54) is 12.3 Å². The molecule has 0 saturated carbocycles. The fraction of sp³-hybridized carbons (Fsp3) is 0.273. The minimum Gasteiger partial charge on any atom is -0.477 e. The van der Waals surface area contributed by atoms with Gasteiger partial charge in [-0.1, -0.05) is 0 Å². The fourth-order valence-corrected chi connectivity index (χ4v) is 1.47. The van der Waals surface area contributed by atoms with E-state index in [0.717, 1.165) is 11.5 Å². The number of hydrogen-bond acceptors (Lipinski definition) is 5. The Morgan fingerprint density at radius 3 is 3.00 bits per heavy atom. The van der Waals surface area contributed by atoms with E-state index in [9.17, 15) is 4.79 Å². The lowest BCUT2D eigenvalue weighted by atomic mass is 10.3. The normalized spacial score (nSPS) is 10.3. The number of pyridine rings is 1. The van der Waals surface area contributed by atoms with Crippen LogP contribution in [0.15, 0.2) is 24.7 Å². The van der Waals surface area contributed by atoms with Crippen LogP contribution in [0.4, 0.5) is 5.69 Å². The van der Waals surface area contributed by atoms with Gasteiger partial charge in [0.2, 0.25) is 0 Å². The summed E-state index contributed by atoms with van der Waals surface area (Å²) in [7, 11) is 1.81. The summed E-state index contributed by atoms with van der Waals surface area (Å²) in [6.07, 6.45) is 3.78. The fourth-order valence-electron chi connectivity index (χ4n) is 1.47. The molecular formula is C11H13N5O2. The average Bonchev–Trinajstić information content (AvgIpc) is 2.75. The quantitative estimate of drug-likeness (QED) is 0.802. The van der Waals surface area contributed by atoms with Gasteiger partial charge in [-0.3, -0.25) is 4.68 Å². The van der Waals surface area contributed by atoms with E-state index in [-0.39, 0.29) is 5.69 Å². The number of rotatable bonds is 5. The van der Waals surface area contributed by atoms with Gasteiger partial charge in [-0.25, -0.2) is 14.8 Å². The Morgan fingerprint density at radius 2 is 2.33 bits per heavy atom. The molecule has 0 bridgehead atoms. The van der Waals surface area contributed by atoms with Gasteiger partial charge in [0.1, 0.15) is 12.0 Å². The van der Waals surface area contributed by atoms with Gasteiger partial charge < -0.3 is 10.4 Å². The summed E-state index contributed by atoms with van der Waals surface area (Å²) < 4.78 is 1.64. The van der Waals surface area contributed by atoms with Crippen LogP contribution >= 0.6 is 0 Å². The predicted molar refractivity (Wildman–Crippen MR) is 64.4 cm³/mol. The summed E-state index contributed by atoms with van der Waals surface area (Å²) in [5, 5.41) is 16.1. The van der Waals surface area contributed by atoms with Gasteiger partial charge in [-0.2, -0.15) is 5.10 Å². The highest BCUT2D eigenvalue weighted by atomic mass is 16.4. The van der Waals surface area contributed by atoms with Crippen molar-refractivity contribution in [3.05, 3.63) is 36.2 Å². The molecule has 0 spiro atoms. The van der Waals surface area contributed by atoms with Crippen LogP contribution in [0.5, 0.6) is 0 Å². The number of carbonyl (C=O) groups is 1. The monoisotopic (exact) mass is 247 g/mol. The van der Waals surface area contributed by atoms with E-state index in [1.54, 1.807) is 17.1 Å². The maximum absolute atomic E-state index is 10.7. The van der Waals surface area contributed by atoms with Crippen molar-refractivity contribution in [3.8, 4) is 0 Å². The number of nitrogens with zero attached hydrogens (tertiary/aromatic N) is 4. The molecule has 0 atom stereocenters. The third-order valence-electron chi connectivity index (χ3n) is 2.30. The van der Waals surface area contributed by atoms with Gasteiger partial charge in [0, 0.05) is 31.9 Å². The zero-order valence-corrected chi connectivity index (χ0v) is 9.87. The van der Waals surface area contributed by atoms with Gasteiger partial charge >= 0.3 is 5.97 Å². The lowest BCUT2D eigenvalue weighted by Crippen LogP contribution is -2.08. The topological polar surface area (TPSA) is 92.9 Å². The van der Waals surface area contributed by atoms with Crippen molar-refractivity contribution in [1.29, 1.82) is 0 Å². The largest absolute Gasteiger partial charge is 0.477 e. The number of anilines is 1. The lowest BCUT2D eigenvalue weighted by molar-refractivity contribution is 0.0690. The molecule has 0 amide bonds. The Morgan fingerprint density at radius 1 is 1.50 bits per heavy atom. The summed E-state index contributed by atoms with van der Waals surface area (Å²) in [6, 6.07) is 3.21. The smallest absolute Gasteiger partial charge is 0.354 e. The highest BCUT2D eigenvalue weighted by Crippen LogP contribution is 2.07. The second-order valence-electron chi connectivity index (χ2n) is 3.75. The summed E-state index contributed by atoms with van der Waals surface area (Å²) in [4.78, 5) is 18.6. The Hall–Kier alpha value is -2.44. The number of nitrogens with one attached hydrogen (secondary N) is 1. The maximum atomic E-state index is 10.7. The van der Waals surface area contributed by atoms with Crippen LogP contribution in [0, 0.1) is 0 Å². The van der Waals surface area contributed by atoms with Crippen molar-refractivity contribution in [2.45, 2.75) is 6.42 Å². The molecule has 0 radical (unpaired) electrons. The number of aromatic carboxylic acids is 1. The molecule has 2 aromatic rings. The second-order valence-corrected chi connectivity index (χ2v) is 3.75. The predicted octanol–water partition coefficient (Wildman–Crippen LogP) is 0.563. The molecule has 2 heterocycles. The molecule has 94 valence electrons. The van der Waals surface area contributed by atoms with Crippen LogP contribution in [0.3, 0.4) is 0 Å². The molecule has 0 aliphatic carbocycles. The van der Waals surface area contributed by atoms with Crippen LogP contribution in [0.1, 0.15) is 16.3 Å². The van der Waals surface area contributed by atoms with Gasteiger partial charge in [0.25, 0.3) is 0 Å². The first-order valence-corrected chi connectivity index (χ1v) is 5.43. The molecule has 0 saturated heterocycles. The molecular weight excluding hydrogens is 234 g/mol. The van der Waals surface area contributed by atoms with E-state index >= 15 is 0 Å². The SMILES string of the molecule is Cn1cnc(CCNc2ccnc(C(=O)O)c2)n1. The highest BCUT2D eigenvalue weighted by molar-refractivity contribution is 5.86. The Bertz CT molecular complexity index is 552. The van der Waals surface area contributed by atoms with Crippen molar-refractivity contribution in [2.75, 3.05) is 11.9 Å². The number of carboxylic acids is 1. The molecule has 0 aliphatic heterocycles. The summed E-state index contributed by atoms with van der Waals surface area (Å²) in [6.45, 7) is 0.632. The number of aryl methyl sites for hydroxylation is 1. The molecule has 0 aliphatic rings. The molecule has 0 aromatic carbocycles. The Kier molecular flexibility index (Phi) is 3.52. The highest BCUT2D eigenvalue weighted by Gasteiger charge is 2.05. The zero-order chi connectivity index (χ0) is 13.0. The molecule has 0 unspecified atom stereocenters. The first kappa shape index (κ1) is 12.0. The minimum absolute atomic E-state index is 0.0240. The van der Waals surface area contributed by atoms with Crippen molar-refractivity contribution in [1.82, 2.24) is 19.7 Å². The van der Waals surface area contributed by atoms with Crippen LogP contribution in [-0.2, 0) is 13.5 Å². The van der Waals surface area contributed by atoms with Gasteiger partial charge in [-0.15, -0.1) is 0 Å². The molecule has 0 fully saturated rings. The van der Waals surface area contributed by atoms with Crippen molar-refractivity contribution >= 4 is 11.7 Å². The molecule has 7 heteroatoms.